The van der Waals surface area contributed by atoms with Crippen molar-refractivity contribution in [2.45, 2.75) is 6.54 Å². The van der Waals surface area contributed by atoms with E-state index in [2.05, 4.69) is 10.3 Å². The molecule has 0 aliphatic rings. The molecule has 20 heavy (non-hydrogen) atoms. The van der Waals surface area contributed by atoms with Crippen LogP contribution in [-0.2, 0) is 6.54 Å². The predicted molar refractivity (Wildman–Crippen MR) is 78.8 cm³/mol. The average Bonchev–Trinajstić information content (AvgIpc) is 2.45. The fourth-order valence-corrected chi connectivity index (χ4v) is 1.67. The number of hydrogen-bond acceptors (Lipinski definition) is 4. The van der Waals surface area contributed by atoms with Crippen LogP contribution < -0.4 is 10.1 Å². The lowest BCUT2D eigenvalue weighted by Crippen LogP contribution is -2.05. The maximum Gasteiger partial charge on any atom is 0.335 e. The maximum atomic E-state index is 10.9. The molecule has 2 aromatic rings. The van der Waals surface area contributed by atoms with Crippen molar-refractivity contribution in [3.8, 4) is 5.75 Å². The highest BCUT2D eigenvalue weighted by Crippen LogP contribution is 2.25. The minimum atomic E-state index is -0.969. The first-order valence-corrected chi connectivity index (χ1v) is 5.76. The number of nitrogens with zero attached hydrogens (tertiary/aromatic N) is 1. The van der Waals surface area contributed by atoms with Crippen LogP contribution in [0, 0.1) is 0 Å². The number of ether oxygens (including phenoxy) is 1. The summed E-state index contributed by atoms with van der Waals surface area (Å²) in [6.45, 7) is 0.500. The zero-order chi connectivity index (χ0) is 13.7. The highest BCUT2D eigenvalue weighted by atomic mass is 35.5. The Morgan fingerprint density at radius 3 is 2.75 bits per heavy atom. The first kappa shape index (κ1) is 15.8. The standard InChI is InChI=1S/C14H14N2O3.ClH/c1-19-13-6-5-10(14(17)18)8-12(13)16-9-11-4-2-3-7-15-11;/h2-8,16H,9H2,1H3,(H,17,18);1H. The molecule has 0 amide bonds. The van der Waals surface area contributed by atoms with Gasteiger partial charge in [-0.05, 0) is 30.3 Å². The molecule has 0 aliphatic carbocycles. The van der Waals surface area contributed by atoms with E-state index in [9.17, 15) is 4.79 Å². The summed E-state index contributed by atoms with van der Waals surface area (Å²) in [6.07, 6.45) is 1.71. The molecule has 5 nitrogen and oxygen atoms in total. The van der Waals surface area contributed by atoms with E-state index in [1.165, 1.54) is 6.07 Å². The molecule has 106 valence electrons. The number of anilines is 1. The molecule has 1 aromatic carbocycles. The summed E-state index contributed by atoms with van der Waals surface area (Å²) >= 11 is 0. The lowest BCUT2D eigenvalue weighted by molar-refractivity contribution is 0.0697. The number of pyridine rings is 1. The van der Waals surface area contributed by atoms with Crippen LogP contribution in [0.4, 0.5) is 5.69 Å². The lowest BCUT2D eigenvalue weighted by Gasteiger charge is -2.11. The molecule has 6 heteroatoms. The number of aromatic nitrogens is 1. The van der Waals surface area contributed by atoms with Crippen molar-refractivity contribution in [3.63, 3.8) is 0 Å². The number of methoxy groups -OCH3 is 1. The molecular weight excluding hydrogens is 280 g/mol. The highest BCUT2D eigenvalue weighted by Gasteiger charge is 2.08. The van der Waals surface area contributed by atoms with Crippen molar-refractivity contribution in [1.82, 2.24) is 4.98 Å². The van der Waals surface area contributed by atoms with Gasteiger partial charge in [0.25, 0.3) is 0 Å². The number of carboxylic acid groups (broad SMARTS) is 1. The molecule has 0 saturated carbocycles. The lowest BCUT2D eigenvalue weighted by atomic mass is 10.2. The van der Waals surface area contributed by atoms with Gasteiger partial charge in [-0.3, -0.25) is 4.98 Å². The second-order valence-electron chi connectivity index (χ2n) is 3.89. The zero-order valence-corrected chi connectivity index (χ0v) is 11.7. The third-order valence-corrected chi connectivity index (χ3v) is 2.63. The maximum absolute atomic E-state index is 10.9. The van der Waals surface area contributed by atoms with Crippen molar-refractivity contribution >= 4 is 24.1 Å². The number of rotatable bonds is 5. The normalized spacial score (nSPS) is 9.45. The Morgan fingerprint density at radius 1 is 1.35 bits per heavy atom. The molecule has 0 spiro atoms. The summed E-state index contributed by atoms with van der Waals surface area (Å²) in [7, 11) is 1.54. The van der Waals surface area contributed by atoms with Crippen LogP contribution in [0.2, 0.25) is 0 Å². The van der Waals surface area contributed by atoms with Crippen LogP contribution in [-0.4, -0.2) is 23.2 Å². The van der Waals surface area contributed by atoms with E-state index in [0.29, 0.717) is 18.0 Å². The van der Waals surface area contributed by atoms with Gasteiger partial charge in [-0.25, -0.2) is 4.79 Å². The van der Waals surface area contributed by atoms with Crippen LogP contribution in [0.5, 0.6) is 5.75 Å². The van der Waals surface area contributed by atoms with E-state index in [1.54, 1.807) is 25.4 Å². The molecule has 0 fully saturated rings. The summed E-state index contributed by atoms with van der Waals surface area (Å²) in [5.74, 6) is -0.371. The molecule has 0 saturated heterocycles. The van der Waals surface area contributed by atoms with Gasteiger partial charge < -0.3 is 15.2 Å². The SMILES string of the molecule is COc1ccc(C(=O)O)cc1NCc1ccccn1.Cl. The van der Waals surface area contributed by atoms with Gasteiger partial charge in [-0.15, -0.1) is 12.4 Å². The number of aromatic carboxylic acids is 1. The molecule has 0 radical (unpaired) electrons. The number of halogens is 1. The second-order valence-corrected chi connectivity index (χ2v) is 3.89. The number of benzene rings is 1. The molecule has 1 aromatic heterocycles. The van der Waals surface area contributed by atoms with E-state index in [0.717, 1.165) is 5.69 Å². The molecule has 2 rings (SSSR count). The average molecular weight is 295 g/mol. The second kappa shape index (κ2) is 7.35. The Hall–Kier alpha value is -2.27. The van der Waals surface area contributed by atoms with E-state index in [4.69, 9.17) is 9.84 Å². The third kappa shape index (κ3) is 3.86. The Bertz CT molecular complexity index is 576. The van der Waals surface area contributed by atoms with Gasteiger partial charge in [0.2, 0.25) is 0 Å². The zero-order valence-electron chi connectivity index (χ0n) is 10.9. The Morgan fingerprint density at radius 2 is 2.15 bits per heavy atom. The topological polar surface area (TPSA) is 71.5 Å². The van der Waals surface area contributed by atoms with Gasteiger partial charge in [-0.2, -0.15) is 0 Å². The van der Waals surface area contributed by atoms with Gasteiger partial charge >= 0.3 is 5.97 Å². The van der Waals surface area contributed by atoms with E-state index >= 15 is 0 Å². The predicted octanol–water partition coefficient (Wildman–Crippen LogP) is 2.82. The molecular formula is C14H15ClN2O3. The molecule has 0 bridgehead atoms. The molecule has 0 atom stereocenters. The van der Waals surface area contributed by atoms with E-state index < -0.39 is 5.97 Å². The number of carboxylic acids is 1. The van der Waals surface area contributed by atoms with Crippen molar-refractivity contribution < 1.29 is 14.6 Å². The van der Waals surface area contributed by atoms with Crippen molar-refractivity contribution in [2.75, 3.05) is 12.4 Å². The smallest absolute Gasteiger partial charge is 0.335 e. The van der Waals surface area contributed by atoms with Gasteiger partial charge in [0, 0.05) is 6.20 Å². The van der Waals surface area contributed by atoms with Crippen molar-refractivity contribution in [1.29, 1.82) is 0 Å². The largest absolute Gasteiger partial charge is 0.495 e. The van der Waals surface area contributed by atoms with Gasteiger partial charge in [-0.1, -0.05) is 6.07 Å². The van der Waals surface area contributed by atoms with Gasteiger partial charge in [0.05, 0.1) is 30.6 Å². The van der Waals surface area contributed by atoms with Crippen LogP contribution in [0.15, 0.2) is 42.6 Å². The van der Waals surface area contributed by atoms with Crippen LogP contribution >= 0.6 is 12.4 Å². The fourth-order valence-electron chi connectivity index (χ4n) is 1.67. The number of hydrogen-bond donors (Lipinski definition) is 2. The van der Waals surface area contributed by atoms with Crippen molar-refractivity contribution in [2.24, 2.45) is 0 Å². The Balaban J connectivity index is 0.00000200. The number of carbonyl (C=O) groups is 1. The van der Waals surface area contributed by atoms with Crippen LogP contribution in [0.3, 0.4) is 0 Å². The Kier molecular flexibility index (Phi) is 5.80. The van der Waals surface area contributed by atoms with E-state index in [1.807, 2.05) is 18.2 Å². The monoisotopic (exact) mass is 294 g/mol. The highest BCUT2D eigenvalue weighted by molar-refractivity contribution is 5.89. The van der Waals surface area contributed by atoms with Gasteiger partial charge in [0.15, 0.2) is 0 Å². The van der Waals surface area contributed by atoms with Crippen LogP contribution in [0.25, 0.3) is 0 Å². The summed E-state index contributed by atoms with van der Waals surface area (Å²) in [6, 6.07) is 10.3. The Labute approximate surface area is 123 Å². The van der Waals surface area contributed by atoms with Crippen molar-refractivity contribution in [3.05, 3.63) is 53.9 Å². The minimum absolute atomic E-state index is 0. The number of nitrogens with one attached hydrogen (secondary N) is 1. The van der Waals surface area contributed by atoms with E-state index in [-0.39, 0.29) is 18.0 Å². The molecule has 0 unspecified atom stereocenters. The summed E-state index contributed by atoms with van der Waals surface area (Å²) in [5, 5.41) is 12.1. The molecule has 1 heterocycles. The first-order valence-electron chi connectivity index (χ1n) is 5.76. The summed E-state index contributed by atoms with van der Waals surface area (Å²) in [4.78, 5) is 15.1. The van der Waals surface area contributed by atoms with Crippen LogP contribution in [0.1, 0.15) is 16.1 Å². The first-order chi connectivity index (χ1) is 9.20. The fraction of sp³-hybridized carbons (Fsp3) is 0.143. The minimum Gasteiger partial charge on any atom is -0.495 e. The van der Waals surface area contributed by atoms with Gasteiger partial charge in [0.1, 0.15) is 5.75 Å². The molecule has 0 aliphatic heterocycles. The molecule has 2 N–H and O–H groups in total. The quantitative estimate of drug-likeness (QED) is 0.887. The third-order valence-electron chi connectivity index (χ3n) is 2.63. The summed E-state index contributed by atoms with van der Waals surface area (Å²) in [5.41, 5.74) is 1.71. The summed E-state index contributed by atoms with van der Waals surface area (Å²) < 4.78 is 5.19.